The minimum absolute atomic E-state index is 0.0785. The van der Waals surface area contributed by atoms with Gasteiger partial charge in [0.05, 0.1) is 12.2 Å². The molecule has 0 spiro atoms. The molecule has 1 aromatic carbocycles. The minimum Gasteiger partial charge on any atom is -0.355 e. The molecule has 3 rings (SSSR count). The fourth-order valence-electron chi connectivity index (χ4n) is 2.92. The summed E-state index contributed by atoms with van der Waals surface area (Å²) in [6.45, 7) is 2.26. The van der Waals surface area contributed by atoms with Crippen molar-refractivity contribution in [2.24, 2.45) is 0 Å². The second-order valence-electron chi connectivity index (χ2n) is 5.65. The number of hydrogen-bond donors (Lipinski definition) is 2. The van der Waals surface area contributed by atoms with Gasteiger partial charge in [0.1, 0.15) is 5.82 Å². The summed E-state index contributed by atoms with van der Waals surface area (Å²) >= 11 is 0. The lowest BCUT2D eigenvalue weighted by molar-refractivity contribution is -0.120. The molecule has 7 heteroatoms. The van der Waals surface area contributed by atoms with Crippen molar-refractivity contribution in [3.8, 4) is 5.69 Å². The number of aromatic nitrogens is 2. The Morgan fingerprint density at radius 1 is 1.21 bits per heavy atom. The number of halogens is 1. The molecule has 0 atom stereocenters. The summed E-state index contributed by atoms with van der Waals surface area (Å²) < 4.78 is 14.8. The number of rotatable bonds is 5. The van der Waals surface area contributed by atoms with Gasteiger partial charge in [-0.05, 0) is 50.5 Å². The van der Waals surface area contributed by atoms with Crippen molar-refractivity contribution < 1.29 is 14.0 Å². The molecule has 2 amide bonds. The Labute approximate surface area is 139 Å². The largest absolute Gasteiger partial charge is 0.355 e. The van der Waals surface area contributed by atoms with Crippen LogP contribution in [0, 0.1) is 5.82 Å². The van der Waals surface area contributed by atoms with E-state index >= 15 is 0 Å². The highest BCUT2D eigenvalue weighted by Crippen LogP contribution is 2.27. The molecule has 0 fully saturated rings. The van der Waals surface area contributed by atoms with Crippen LogP contribution in [0.3, 0.4) is 0 Å². The van der Waals surface area contributed by atoms with E-state index in [-0.39, 0.29) is 24.2 Å². The molecular weight excluding hydrogens is 311 g/mol. The standard InChI is InChI=1S/C17H19FN4O2/c1-2-19-15(23)10-20-17(24)16-13-4-3-5-14(13)22(21-16)12-8-6-11(18)7-9-12/h6-9H,2-5,10H2,1H3,(H,19,23)(H,20,24). The summed E-state index contributed by atoms with van der Waals surface area (Å²) in [5.74, 6) is -0.914. The lowest BCUT2D eigenvalue weighted by atomic mass is 10.2. The lowest BCUT2D eigenvalue weighted by Crippen LogP contribution is -2.37. The Balaban J connectivity index is 1.84. The topological polar surface area (TPSA) is 76.0 Å². The summed E-state index contributed by atoms with van der Waals surface area (Å²) in [7, 11) is 0. The van der Waals surface area contributed by atoms with Crippen LogP contribution < -0.4 is 10.6 Å². The maximum atomic E-state index is 13.1. The smallest absolute Gasteiger partial charge is 0.272 e. The van der Waals surface area contributed by atoms with Gasteiger partial charge in [0, 0.05) is 17.8 Å². The van der Waals surface area contributed by atoms with E-state index in [2.05, 4.69) is 15.7 Å². The quantitative estimate of drug-likeness (QED) is 0.869. The average molecular weight is 330 g/mol. The van der Waals surface area contributed by atoms with Crippen LogP contribution in [0.5, 0.6) is 0 Å². The van der Waals surface area contributed by atoms with E-state index in [9.17, 15) is 14.0 Å². The van der Waals surface area contributed by atoms with E-state index in [1.54, 1.807) is 16.8 Å². The Morgan fingerprint density at radius 2 is 1.96 bits per heavy atom. The zero-order valence-electron chi connectivity index (χ0n) is 13.4. The zero-order chi connectivity index (χ0) is 17.1. The number of likely N-dealkylation sites (N-methyl/N-ethyl adjacent to an activating group) is 1. The molecule has 0 saturated carbocycles. The third-order valence-corrected chi connectivity index (χ3v) is 4.00. The maximum Gasteiger partial charge on any atom is 0.272 e. The third kappa shape index (κ3) is 3.15. The molecule has 2 aromatic rings. The van der Waals surface area contributed by atoms with Crippen molar-refractivity contribution in [2.45, 2.75) is 26.2 Å². The third-order valence-electron chi connectivity index (χ3n) is 4.00. The summed E-state index contributed by atoms with van der Waals surface area (Å²) in [6, 6.07) is 6.01. The number of carbonyl (C=O) groups is 2. The first-order valence-electron chi connectivity index (χ1n) is 8.01. The maximum absolute atomic E-state index is 13.1. The number of fused-ring (bicyclic) bond motifs is 1. The summed E-state index contributed by atoms with van der Waals surface area (Å²) in [5.41, 5.74) is 2.95. The Morgan fingerprint density at radius 3 is 2.67 bits per heavy atom. The molecule has 0 aliphatic heterocycles. The highest BCUT2D eigenvalue weighted by molar-refractivity contribution is 5.96. The van der Waals surface area contributed by atoms with E-state index < -0.39 is 0 Å². The van der Waals surface area contributed by atoms with Crippen LogP contribution in [0.15, 0.2) is 24.3 Å². The van der Waals surface area contributed by atoms with Crippen LogP contribution in [-0.4, -0.2) is 34.7 Å². The molecule has 0 bridgehead atoms. The predicted molar refractivity (Wildman–Crippen MR) is 86.6 cm³/mol. The van der Waals surface area contributed by atoms with Crippen LogP contribution in [0.25, 0.3) is 5.69 Å². The van der Waals surface area contributed by atoms with Gasteiger partial charge in [0.25, 0.3) is 5.91 Å². The normalized spacial score (nSPS) is 12.8. The Kier molecular flexibility index (Phi) is 4.59. The van der Waals surface area contributed by atoms with Crippen molar-refractivity contribution in [3.63, 3.8) is 0 Å². The van der Waals surface area contributed by atoms with Crippen molar-refractivity contribution in [3.05, 3.63) is 47.0 Å². The second kappa shape index (κ2) is 6.82. The fourth-order valence-corrected chi connectivity index (χ4v) is 2.92. The molecule has 1 heterocycles. The van der Waals surface area contributed by atoms with Crippen LogP contribution >= 0.6 is 0 Å². The highest BCUT2D eigenvalue weighted by Gasteiger charge is 2.27. The fraction of sp³-hybridized carbons (Fsp3) is 0.353. The van der Waals surface area contributed by atoms with E-state index in [1.807, 2.05) is 6.92 Å². The molecule has 0 saturated heterocycles. The van der Waals surface area contributed by atoms with Gasteiger partial charge < -0.3 is 10.6 Å². The number of hydrogen-bond acceptors (Lipinski definition) is 3. The van der Waals surface area contributed by atoms with Gasteiger partial charge in [0.15, 0.2) is 5.69 Å². The van der Waals surface area contributed by atoms with E-state index in [1.165, 1.54) is 12.1 Å². The SMILES string of the molecule is CCNC(=O)CNC(=O)c1nn(-c2ccc(F)cc2)c2c1CCC2. The second-order valence-corrected chi connectivity index (χ2v) is 5.65. The van der Waals surface area contributed by atoms with Crippen molar-refractivity contribution in [1.29, 1.82) is 0 Å². The first-order valence-corrected chi connectivity index (χ1v) is 8.01. The van der Waals surface area contributed by atoms with Gasteiger partial charge in [-0.1, -0.05) is 0 Å². The van der Waals surface area contributed by atoms with E-state index in [4.69, 9.17) is 0 Å². The van der Waals surface area contributed by atoms with Gasteiger partial charge in [-0.25, -0.2) is 9.07 Å². The number of carbonyl (C=O) groups excluding carboxylic acids is 2. The van der Waals surface area contributed by atoms with Crippen LogP contribution in [0.2, 0.25) is 0 Å². The first kappa shape index (κ1) is 16.2. The molecular formula is C17H19FN4O2. The molecule has 0 unspecified atom stereocenters. The van der Waals surface area contributed by atoms with Gasteiger partial charge in [-0.15, -0.1) is 0 Å². The monoisotopic (exact) mass is 330 g/mol. The van der Waals surface area contributed by atoms with Crippen molar-refractivity contribution in [1.82, 2.24) is 20.4 Å². The Bertz CT molecular complexity index is 768. The number of nitrogens with zero attached hydrogens (tertiary/aromatic N) is 2. The summed E-state index contributed by atoms with van der Waals surface area (Å²) in [4.78, 5) is 23.9. The summed E-state index contributed by atoms with van der Waals surface area (Å²) in [5, 5.41) is 9.63. The number of amides is 2. The Hall–Kier alpha value is -2.70. The minimum atomic E-state index is -0.361. The van der Waals surface area contributed by atoms with Gasteiger partial charge in [0.2, 0.25) is 5.91 Å². The van der Waals surface area contributed by atoms with Crippen molar-refractivity contribution >= 4 is 11.8 Å². The molecule has 6 nitrogen and oxygen atoms in total. The highest BCUT2D eigenvalue weighted by atomic mass is 19.1. The van der Waals surface area contributed by atoms with Crippen LogP contribution in [-0.2, 0) is 17.6 Å². The molecule has 1 aliphatic rings. The van der Waals surface area contributed by atoms with Crippen LogP contribution in [0.4, 0.5) is 4.39 Å². The van der Waals surface area contributed by atoms with E-state index in [0.717, 1.165) is 36.2 Å². The predicted octanol–water partition coefficient (Wildman–Crippen LogP) is 1.37. The average Bonchev–Trinajstić information content (AvgIpc) is 3.16. The number of nitrogens with one attached hydrogen (secondary N) is 2. The molecule has 24 heavy (non-hydrogen) atoms. The molecule has 0 radical (unpaired) electrons. The van der Waals surface area contributed by atoms with Crippen LogP contribution in [0.1, 0.15) is 35.1 Å². The molecule has 1 aliphatic carbocycles. The van der Waals surface area contributed by atoms with E-state index in [0.29, 0.717) is 12.2 Å². The summed E-state index contributed by atoms with van der Waals surface area (Å²) in [6.07, 6.45) is 2.55. The van der Waals surface area contributed by atoms with Gasteiger partial charge >= 0.3 is 0 Å². The lowest BCUT2D eigenvalue weighted by Gasteiger charge is -2.05. The first-order chi connectivity index (χ1) is 11.6. The molecule has 1 aromatic heterocycles. The molecule has 126 valence electrons. The van der Waals surface area contributed by atoms with Gasteiger partial charge in [-0.2, -0.15) is 5.10 Å². The molecule has 2 N–H and O–H groups in total. The van der Waals surface area contributed by atoms with Crippen molar-refractivity contribution in [2.75, 3.05) is 13.1 Å². The van der Waals surface area contributed by atoms with Gasteiger partial charge in [-0.3, -0.25) is 9.59 Å². The number of benzene rings is 1. The zero-order valence-corrected chi connectivity index (χ0v) is 13.4.